The van der Waals surface area contributed by atoms with Crippen LogP contribution in [0.5, 0.6) is 0 Å². The van der Waals surface area contributed by atoms with E-state index in [4.69, 9.17) is 23.1 Å². The van der Waals surface area contributed by atoms with Crippen molar-refractivity contribution in [2.24, 2.45) is 5.73 Å². The van der Waals surface area contributed by atoms with E-state index in [9.17, 15) is 13.8 Å². The molecule has 214 valence electrons. The summed E-state index contributed by atoms with van der Waals surface area (Å²) in [6.07, 6.45) is 4.35. The first kappa shape index (κ1) is 29.1. The van der Waals surface area contributed by atoms with Gasteiger partial charge in [-0.2, -0.15) is 0 Å². The van der Waals surface area contributed by atoms with Gasteiger partial charge in [0.25, 0.3) is 11.5 Å². The van der Waals surface area contributed by atoms with Crippen LogP contribution < -0.4 is 21.7 Å². The van der Waals surface area contributed by atoms with Crippen LogP contribution in [0.15, 0.2) is 94.7 Å². The number of benzene rings is 3. The van der Waals surface area contributed by atoms with Crippen LogP contribution in [0, 0.1) is 0 Å². The van der Waals surface area contributed by atoms with Crippen molar-refractivity contribution >= 4 is 45.1 Å². The number of carbonyl (C=O) groups excluding carboxylic acids is 1. The molecule has 9 nitrogen and oxygen atoms in total. The third kappa shape index (κ3) is 6.41. The normalized spacial score (nSPS) is 13.3. The topological polar surface area (TPSA) is 146 Å². The van der Waals surface area contributed by atoms with Gasteiger partial charge in [-0.3, -0.25) is 14.2 Å². The number of nitrogens with two attached hydrogens (primary N) is 2. The van der Waals surface area contributed by atoms with E-state index in [2.05, 4.69) is 14.7 Å². The van der Waals surface area contributed by atoms with E-state index in [1.807, 2.05) is 55.5 Å². The Balaban J connectivity index is 0.000000169. The van der Waals surface area contributed by atoms with Gasteiger partial charge < -0.3 is 11.5 Å². The first-order chi connectivity index (χ1) is 20.3. The maximum absolute atomic E-state index is 12.8. The summed E-state index contributed by atoms with van der Waals surface area (Å²) in [5, 5.41) is 1.97. The Morgan fingerprint density at radius 1 is 1.07 bits per heavy atom. The zero-order valence-corrected chi connectivity index (χ0v) is 24.4. The van der Waals surface area contributed by atoms with Crippen LogP contribution in [0.1, 0.15) is 35.9 Å². The van der Waals surface area contributed by atoms with Crippen LogP contribution in [0.2, 0.25) is 5.02 Å². The van der Waals surface area contributed by atoms with Gasteiger partial charge in [-0.1, -0.05) is 61.0 Å². The lowest BCUT2D eigenvalue weighted by molar-refractivity contribution is 0.0996. The molecule has 42 heavy (non-hydrogen) atoms. The van der Waals surface area contributed by atoms with Gasteiger partial charge in [0, 0.05) is 23.0 Å². The van der Waals surface area contributed by atoms with Crippen molar-refractivity contribution in [3.8, 4) is 16.9 Å². The second-order valence-corrected chi connectivity index (χ2v) is 11.4. The van der Waals surface area contributed by atoms with Crippen molar-refractivity contribution in [3.63, 3.8) is 0 Å². The molecule has 3 aromatic carbocycles. The first-order valence-corrected chi connectivity index (χ1v) is 14.9. The Morgan fingerprint density at radius 2 is 1.81 bits per heavy atom. The van der Waals surface area contributed by atoms with E-state index in [0.717, 1.165) is 36.0 Å². The number of amides is 1. The minimum atomic E-state index is -1.27. The molecule has 1 atom stereocenters. The smallest absolute Gasteiger partial charge is 0.271 e. The van der Waals surface area contributed by atoms with Crippen molar-refractivity contribution in [1.29, 1.82) is 0 Å². The van der Waals surface area contributed by atoms with E-state index in [1.54, 1.807) is 34.9 Å². The molecular weight excluding hydrogens is 572 g/mol. The molecule has 2 heterocycles. The van der Waals surface area contributed by atoms with Crippen molar-refractivity contribution < 1.29 is 9.00 Å². The number of aromatic nitrogens is 3. The van der Waals surface area contributed by atoms with Crippen LogP contribution in [0.25, 0.3) is 27.7 Å². The molecule has 1 aliphatic carbocycles. The van der Waals surface area contributed by atoms with Gasteiger partial charge in [0.05, 0.1) is 27.2 Å². The Bertz CT molecular complexity index is 1860. The predicted molar refractivity (Wildman–Crippen MR) is 167 cm³/mol. The number of aryl methyl sites for hydroxylation is 1. The minimum Gasteiger partial charge on any atom is -0.382 e. The first-order valence-electron chi connectivity index (χ1n) is 13.4. The van der Waals surface area contributed by atoms with E-state index in [0.29, 0.717) is 32.6 Å². The molecule has 0 saturated heterocycles. The third-order valence-corrected chi connectivity index (χ3v) is 8.22. The standard InChI is InChI=1S/C17H14ClNO.C14H15N5O2S/c1-2-13-11-12-7-6-10-15(18)16(12)17(20)19(13)14-8-4-3-5-9-14;15-13-12(14(16)20)18-11(7-17-13)8-2-1-3-10(6-8)22(21)19-9-4-5-9/h3-11H,2H2,1H3;1-3,6-7,9,19H,4-5H2,(H2,15,17)(H2,16,20). The highest BCUT2D eigenvalue weighted by Crippen LogP contribution is 2.24. The number of anilines is 1. The fraction of sp³-hybridized carbons (Fsp3) is 0.161. The molecule has 1 aliphatic rings. The maximum atomic E-state index is 12.8. The summed E-state index contributed by atoms with van der Waals surface area (Å²) in [6, 6.07) is 24.7. The second kappa shape index (κ2) is 12.6. The molecule has 0 radical (unpaired) electrons. The lowest BCUT2D eigenvalue weighted by atomic mass is 10.1. The molecule has 0 spiro atoms. The van der Waals surface area contributed by atoms with Crippen LogP contribution in [0.4, 0.5) is 5.82 Å². The Hall–Kier alpha value is -4.38. The van der Waals surface area contributed by atoms with Crippen molar-refractivity contribution in [2.75, 3.05) is 5.73 Å². The predicted octanol–water partition coefficient (Wildman–Crippen LogP) is 4.81. The molecule has 11 heteroatoms. The van der Waals surface area contributed by atoms with Gasteiger partial charge in [-0.25, -0.2) is 18.9 Å². The van der Waals surface area contributed by atoms with Crippen LogP contribution in [0.3, 0.4) is 0 Å². The monoisotopic (exact) mass is 600 g/mol. The Labute approximate surface area is 250 Å². The second-order valence-electron chi connectivity index (χ2n) is 9.71. The summed E-state index contributed by atoms with van der Waals surface area (Å²) in [6.45, 7) is 2.05. The zero-order valence-electron chi connectivity index (χ0n) is 22.8. The number of pyridine rings is 1. The molecule has 5 aromatic rings. The molecule has 6 rings (SSSR count). The fourth-order valence-electron chi connectivity index (χ4n) is 4.40. The number of hydrogen-bond donors (Lipinski definition) is 3. The van der Waals surface area contributed by atoms with Gasteiger partial charge in [0.15, 0.2) is 11.5 Å². The lowest BCUT2D eigenvalue weighted by Crippen LogP contribution is -2.22. The van der Waals surface area contributed by atoms with Crippen LogP contribution in [-0.4, -0.2) is 30.7 Å². The quantitative estimate of drug-likeness (QED) is 0.244. The molecule has 1 fully saturated rings. The summed E-state index contributed by atoms with van der Waals surface area (Å²) < 4.78 is 17.0. The number of nitrogens with zero attached hydrogens (tertiary/aromatic N) is 3. The SMILES string of the molecule is CCc1cc2cccc(Cl)c2c(=O)n1-c1ccccc1.NC(=O)c1nc(-c2cccc(S(=O)NC3CC3)c2)cnc1N. The average Bonchev–Trinajstić information content (AvgIpc) is 3.82. The van der Waals surface area contributed by atoms with Crippen molar-refractivity contribution in [1.82, 2.24) is 19.3 Å². The third-order valence-electron chi connectivity index (χ3n) is 6.68. The number of para-hydroxylation sites is 1. The molecule has 1 saturated carbocycles. The van der Waals surface area contributed by atoms with Gasteiger partial charge in [-0.05, 0) is 61.0 Å². The zero-order chi connectivity index (χ0) is 29.8. The highest BCUT2D eigenvalue weighted by Gasteiger charge is 2.23. The number of carbonyl (C=O) groups is 1. The van der Waals surface area contributed by atoms with E-state index >= 15 is 0 Å². The largest absolute Gasteiger partial charge is 0.382 e. The van der Waals surface area contributed by atoms with E-state index in [1.165, 1.54) is 6.20 Å². The number of nitrogens with one attached hydrogen (secondary N) is 1. The molecule has 0 aliphatic heterocycles. The summed E-state index contributed by atoms with van der Waals surface area (Å²) >= 11 is 6.20. The number of nitrogen functional groups attached to an aromatic ring is 1. The maximum Gasteiger partial charge on any atom is 0.271 e. The molecule has 2 aromatic heterocycles. The van der Waals surface area contributed by atoms with Gasteiger partial charge in [0.2, 0.25) is 0 Å². The summed E-state index contributed by atoms with van der Waals surface area (Å²) in [5.41, 5.74) is 13.7. The summed E-state index contributed by atoms with van der Waals surface area (Å²) in [5.74, 6) is -0.742. The number of fused-ring (bicyclic) bond motifs is 1. The highest BCUT2D eigenvalue weighted by atomic mass is 35.5. The highest BCUT2D eigenvalue weighted by molar-refractivity contribution is 7.83. The molecule has 5 N–H and O–H groups in total. The minimum absolute atomic E-state index is 0.00798. The van der Waals surface area contributed by atoms with Crippen LogP contribution in [-0.2, 0) is 17.4 Å². The average molecular weight is 601 g/mol. The van der Waals surface area contributed by atoms with Gasteiger partial charge in [0.1, 0.15) is 11.0 Å². The Kier molecular flexibility index (Phi) is 8.77. The number of rotatable bonds is 7. The number of hydrogen-bond acceptors (Lipinski definition) is 6. The lowest BCUT2D eigenvalue weighted by Gasteiger charge is -2.14. The van der Waals surface area contributed by atoms with Crippen molar-refractivity contribution in [3.05, 3.63) is 112 Å². The summed E-state index contributed by atoms with van der Waals surface area (Å²) in [4.78, 5) is 32.8. The Morgan fingerprint density at radius 3 is 2.50 bits per heavy atom. The van der Waals surface area contributed by atoms with E-state index < -0.39 is 16.9 Å². The number of primary amides is 1. The molecule has 1 amide bonds. The molecule has 0 bridgehead atoms. The summed E-state index contributed by atoms with van der Waals surface area (Å²) in [7, 11) is -1.27. The van der Waals surface area contributed by atoms with Crippen LogP contribution >= 0.6 is 11.6 Å². The molecule has 1 unspecified atom stereocenters. The number of halogens is 1. The van der Waals surface area contributed by atoms with E-state index in [-0.39, 0.29) is 17.1 Å². The molecular formula is C31H29ClN6O3S. The van der Waals surface area contributed by atoms with Gasteiger partial charge in [-0.15, -0.1) is 0 Å². The van der Waals surface area contributed by atoms with Gasteiger partial charge >= 0.3 is 0 Å². The fourth-order valence-corrected chi connectivity index (χ4v) is 5.78. The van der Waals surface area contributed by atoms with Crippen molar-refractivity contribution in [2.45, 2.75) is 37.1 Å².